The molecule has 1 aliphatic heterocycles. The van der Waals surface area contributed by atoms with Gasteiger partial charge in [0.25, 0.3) is 0 Å². The van der Waals surface area contributed by atoms with Gasteiger partial charge in [-0.25, -0.2) is 4.79 Å². The number of anilines is 1. The number of ether oxygens (including phenoxy) is 1. The fraction of sp³-hybridized carbons (Fsp3) is 0.500. The highest BCUT2D eigenvalue weighted by atomic mass is 16.5. The smallest absolute Gasteiger partial charge is 0.404 e. The van der Waals surface area contributed by atoms with Crippen LogP contribution in [0.3, 0.4) is 0 Å². The van der Waals surface area contributed by atoms with Crippen LogP contribution in [-0.4, -0.2) is 53.4 Å². The molecule has 4 N–H and O–H groups in total. The van der Waals surface area contributed by atoms with Gasteiger partial charge in [0.2, 0.25) is 0 Å². The number of carbonyl (C=O) groups is 1. The molecule has 1 amide bonds. The number of aromatic nitrogens is 1. The third-order valence-electron chi connectivity index (χ3n) is 3.04. The fourth-order valence-electron chi connectivity index (χ4n) is 2.07. The number of nitrogen functional groups attached to an aromatic ring is 1. The van der Waals surface area contributed by atoms with E-state index in [1.807, 2.05) is 6.07 Å². The van der Waals surface area contributed by atoms with Crippen LogP contribution in [-0.2, 0) is 11.3 Å². The van der Waals surface area contributed by atoms with Crippen molar-refractivity contribution in [3.05, 3.63) is 24.0 Å². The Balaban J connectivity index is 1.87. The Morgan fingerprint density at radius 2 is 2.53 bits per heavy atom. The molecule has 0 radical (unpaired) electrons. The van der Waals surface area contributed by atoms with Crippen LogP contribution in [0.1, 0.15) is 5.56 Å². The van der Waals surface area contributed by atoms with Gasteiger partial charge in [0.05, 0.1) is 24.6 Å². The summed E-state index contributed by atoms with van der Waals surface area (Å²) in [6.45, 7) is 3.11. The van der Waals surface area contributed by atoms with Gasteiger partial charge in [-0.05, 0) is 11.6 Å². The van der Waals surface area contributed by atoms with E-state index in [1.54, 1.807) is 12.4 Å². The summed E-state index contributed by atoms with van der Waals surface area (Å²) in [6.07, 6.45) is 2.21. The molecular weight excluding hydrogens is 248 g/mol. The molecule has 1 fully saturated rings. The van der Waals surface area contributed by atoms with Gasteiger partial charge in [0.1, 0.15) is 0 Å². The quantitative estimate of drug-likeness (QED) is 0.716. The molecule has 1 unspecified atom stereocenters. The molecule has 7 heteroatoms. The molecule has 2 rings (SSSR count). The van der Waals surface area contributed by atoms with E-state index in [1.165, 1.54) is 0 Å². The number of amides is 1. The number of nitrogens with one attached hydrogen (secondary N) is 1. The lowest BCUT2D eigenvalue weighted by Gasteiger charge is -2.33. The summed E-state index contributed by atoms with van der Waals surface area (Å²) in [4.78, 5) is 16.6. The van der Waals surface area contributed by atoms with Crippen LogP contribution < -0.4 is 11.1 Å². The van der Waals surface area contributed by atoms with Crippen molar-refractivity contribution in [3.8, 4) is 0 Å². The number of rotatable bonds is 4. The highest BCUT2D eigenvalue weighted by Crippen LogP contribution is 2.14. The average molecular weight is 266 g/mol. The Morgan fingerprint density at radius 1 is 1.68 bits per heavy atom. The van der Waals surface area contributed by atoms with Gasteiger partial charge < -0.3 is 20.9 Å². The molecule has 2 heterocycles. The minimum absolute atomic E-state index is 0.118. The summed E-state index contributed by atoms with van der Waals surface area (Å²) in [6, 6.07) is 1.90. The third-order valence-corrected chi connectivity index (χ3v) is 3.04. The zero-order valence-electron chi connectivity index (χ0n) is 10.6. The van der Waals surface area contributed by atoms with Crippen molar-refractivity contribution >= 4 is 11.8 Å². The van der Waals surface area contributed by atoms with E-state index in [4.69, 9.17) is 15.6 Å². The van der Waals surface area contributed by atoms with Crippen molar-refractivity contribution in [1.29, 1.82) is 0 Å². The summed E-state index contributed by atoms with van der Waals surface area (Å²) in [5.74, 6) is 0. The van der Waals surface area contributed by atoms with E-state index >= 15 is 0 Å². The van der Waals surface area contributed by atoms with Crippen LogP contribution in [0.25, 0.3) is 0 Å². The second-order valence-corrected chi connectivity index (χ2v) is 4.49. The van der Waals surface area contributed by atoms with Crippen molar-refractivity contribution < 1.29 is 14.6 Å². The Hall–Kier alpha value is -1.86. The van der Waals surface area contributed by atoms with Crippen LogP contribution in [0.15, 0.2) is 18.5 Å². The normalized spacial score (nSPS) is 20.1. The number of morpholine rings is 1. The predicted molar refractivity (Wildman–Crippen MR) is 69.7 cm³/mol. The van der Waals surface area contributed by atoms with Crippen molar-refractivity contribution in [1.82, 2.24) is 15.2 Å². The van der Waals surface area contributed by atoms with Crippen LogP contribution in [0.2, 0.25) is 0 Å². The van der Waals surface area contributed by atoms with Crippen molar-refractivity contribution in [3.63, 3.8) is 0 Å². The lowest BCUT2D eigenvalue weighted by Crippen LogP contribution is -2.47. The Kier molecular flexibility index (Phi) is 4.53. The molecule has 104 valence electrons. The molecule has 0 bridgehead atoms. The van der Waals surface area contributed by atoms with Gasteiger partial charge in [-0.15, -0.1) is 0 Å². The van der Waals surface area contributed by atoms with Crippen LogP contribution in [0.4, 0.5) is 10.5 Å². The summed E-state index contributed by atoms with van der Waals surface area (Å²) >= 11 is 0. The number of carboxylic acid groups (broad SMARTS) is 1. The number of nitrogens with two attached hydrogens (primary N) is 1. The number of nitrogens with zero attached hydrogens (tertiary/aromatic N) is 2. The maximum absolute atomic E-state index is 10.5. The standard InChI is InChI=1S/C12H18N4O3/c13-11-6-14-2-1-9(11)7-16-3-4-19-10(8-16)5-15-12(17)18/h1-2,6,10,15H,3-5,7-8,13H2,(H,17,18). The second-order valence-electron chi connectivity index (χ2n) is 4.49. The van der Waals surface area contributed by atoms with E-state index < -0.39 is 6.09 Å². The van der Waals surface area contributed by atoms with Gasteiger partial charge in [0, 0.05) is 32.4 Å². The molecule has 1 aromatic heterocycles. The van der Waals surface area contributed by atoms with E-state index in [-0.39, 0.29) is 6.10 Å². The first-order valence-electron chi connectivity index (χ1n) is 6.14. The molecule has 1 atom stereocenters. The minimum atomic E-state index is -1.03. The van der Waals surface area contributed by atoms with Crippen molar-refractivity contribution in [2.75, 3.05) is 32.0 Å². The molecular formula is C12H18N4O3. The summed E-state index contributed by atoms with van der Waals surface area (Å²) < 4.78 is 5.52. The van der Waals surface area contributed by atoms with Gasteiger partial charge in [-0.3, -0.25) is 9.88 Å². The molecule has 0 spiro atoms. The van der Waals surface area contributed by atoms with E-state index in [2.05, 4.69) is 15.2 Å². The molecule has 0 aliphatic carbocycles. The predicted octanol–water partition coefficient (Wildman–Crippen LogP) is 0.132. The average Bonchev–Trinajstić information content (AvgIpc) is 2.40. The maximum atomic E-state index is 10.5. The van der Waals surface area contributed by atoms with E-state index in [9.17, 15) is 4.79 Å². The van der Waals surface area contributed by atoms with Gasteiger partial charge in [-0.2, -0.15) is 0 Å². The number of pyridine rings is 1. The molecule has 7 nitrogen and oxygen atoms in total. The second kappa shape index (κ2) is 6.35. The van der Waals surface area contributed by atoms with Crippen molar-refractivity contribution in [2.45, 2.75) is 12.6 Å². The first kappa shape index (κ1) is 13.6. The largest absolute Gasteiger partial charge is 0.465 e. The first-order valence-corrected chi connectivity index (χ1v) is 6.14. The van der Waals surface area contributed by atoms with Crippen molar-refractivity contribution in [2.24, 2.45) is 0 Å². The summed E-state index contributed by atoms with van der Waals surface area (Å²) in [5.41, 5.74) is 7.56. The topological polar surface area (TPSA) is 101 Å². The van der Waals surface area contributed by atoms with Gasteiger partial charge in [-0.1, -0.05) is 0 Å². The zero-order valence-corrected chi connectivity index (χ0v) is 10.6. The monoisotopic (exact) mass is 266 g/mol. The zero-order chi connectivity index (χ0) is 13.7. The first-order chi connectivity index (χ1) is 9.15. The highest BCUT2D eigenvalue weighted by molar-refractivity contribution is 5.64. The SMILES string of the molecule is Nc1cnccc1CN1CCOC(CNC(=O)O)C1. The molecule has 0 saturated carbocycles. The number of hydrogen-bond acceptors (Lipinski definition) is 5. The molecule has 0 aromatic carbocycles. The summed E-state index contributed by atoms with van der Waals surface area (Å²) in [7, 11) is 0. The Bertz CT molecular complexity index is 441. The maximum Gasteiger partial charge on any atom is 0.404 e. The van der Waals surface area contributed by atoms with Crippen LogP contribution in [0, 0.1) is 0 Å². The van der Waals surface area contributed by atoms with Gasteiger partial charge in [0.15, 0.2) is 0 Å². The minimum Gasteiger partial charge on any atom is -0.465 e. The summed E-state index contributed by atoms with van der Waals surface area (Å²) in [5, 5.41) is 10.9. The van der Waals surface area contributed by atoms with Crippen LogP contribution in [0.5, 0.6) is 0 Å². The molecule has 1 aliphatic rings. The van der Waals surface area contributed by atoms with Gasteiger partial charge >= 0.3 is 6.09 Å². The lowest BCUT2D eigenvalue weighted by molar-refractivity contribution is -0.0292. The third kappa shape index (κ3) is 4.08. The number of hydrogen-bond donors (Lipinski definition) is 3. The fourth-order valence-corrected chi connectivity index (χ4v) is 2.07. The van der Waals surface area contributed by atoms with Crippen LogP contribution >= 0.6 is 0 Å². The molecule has 1 saturated heterocycles. The lowest BCUT2D eigenvalue weighted by atomic mass is 10.2. The Morgan fingerprint density at radius 3 is 3.26 bits per heavy atom. The highest BCUT2D eigenvalue weighted by Gasteiger charge is 2.21. The molecule has 1 aromatic rings. The Labute approximate surface area is 111 Å². The van der Waals surface area contributed by atoms with E-state index in [0.717, 1.165) is 18.7 Å². The molecule has 19 heavy (non-hydrogen) atoms. The van der Waals surface area contributed by atoms with E-state index in [0.29, 0.717) is 25.4 Å².